The predicted molar refractivity (Wildman–Crippen MR) is 88.2 cm³/mol. The van der Waals surface area contributed by atoms with Gasteiger partial charge in [0.2, 0.25) is 0 Å². The molecule has 0 N–H and O–H groups in total. The number of aryl methyl sites for hydroxylation is 1. The molecule has 0 radical (unpaired) electrons. The van der Waals surface area contributed by atoms with Gasteiger partial charge in [0.05, 0.1) is 0 Å². The van der Waals surface area contributed by atoms with E-state index in [-0.39, 0.29) is 6.04 Å². The number of rotatable bonds is 4. The van der Waals surface area contributed by atoms with Crippen molar-refractivity contribution in [2.24, 2.45) is 0 Å². The fourth-order valence-corrected chi connectivity index (χ4v) is 3.87. The number of hydrogen-bond acceptors (Lipinski definition) is 5. The molecule has 1 atom stereocenters. The molecule has 1 saturated heterocycles. The van der Waals surface area contributed by atoms with Gasteiger partial charge in [-0.15, -0.1) is 11.3 Å². The molecule has 0 spiro atoms. The average Bonchev–Trinajstić information content (AvgIpc) is 3.16. The first-order valence-corrected chi connectivity index (χ1v) is 8.60. The highest BCUT2D eigenvalue weighted by Gasteiger charge is 2.34. The first-order valence-electron chi connectivity index (χ1n) is 7.72. The van der Waals surface area contributed by atoms with Crippen molar-refractivity contribution in [1.82, 2.24) is 14.9 Å². The minimum Gasteiger partial charge on any atom is -0.355 e. The quantitative estimate of drug-likeness (QED) is 0.838. The van der Waals surface area contributed by atoms with Crippen molar-refractivity contribution >= 4 is 17.2 Å². The van der Waals surface area contributed by atoms with Crippen LogP contribution in [0.1, 0.15) is 22.6 Å². The second-order valence-electron chi connectivity index (χ2n) is 6.07. The second kappa shape index (κ2) is 6.68. The molecule has 1 aliphatic heterocycles. The van der Waals surface area contributed by atoms with Crippen molar-refractivity contribution in [2.75, 3.05) is 25.0 Å². The van der Waals surface area contributed by atoms with Gasteiger partial charge in [0.25, 0.3) is 0 Å². The molecule has 2 aromatic heterocycles. The van der Waals surface area contributed by atoms with Crippen LogP contribution in [0.25, 0.3) is 0 Å². The summed E-state index contributed by atoms with van der Waals surface area (Å²) in [6.45, 7) is 4.75. The van der Waals surface area contributed by atoms with Crippen molar-refractivity contribution in [1.29, 1.82) is 0 Å². The topological polar surface area (TPSA) is 32.3 Å². The molecule has 3 rings (SSSR count). The number of nitrogens with zero attached hydrogens (tertiary/aromatic N) is 4. The molecule has 1 aliphatic rings. The van der Waals surface area contributed by atoms with E-state index in [4.69, 9.17) is 0 Å². The fraction of sp³-hybridized carbons (Fsp3) is 0.500. The molecule has 8 heteroatoms. The SMILES string of the molecule is Cc1ccsc1CN1CCC(N(C)c2cc(C(F)(F)F)ncn2)C1. The second-order valence-corrected chi connectivity index (χ2v) is 7.08. The van der Waals surface area contributed by atoms with Crippen LogP contribution in [-0.4, -0.2) is 41.0 Å². The van der Waals surface area contributed by atoms with Gasteiger partial charge in [-0.1, -0.05) is 0 Å². The lowest BCUT2D eigenvalue weighted by atomic mass is 10.2. The largest absolute Gasteiger partial charge is 0.433 e. The summed E-state index contributed by atoms with van der Waals surface area (Å²) >= 11 is 1.75. The van der Waals surface area contributed by atoms with Crippen LogP contribution in [0.15, 0.2) is 23.8 Å². The van der Waals surface area contributed by atoms with Crippen LogP contribution >= 0.6 is 11.3 Å². The van der Waals surface area contributed by atoms with Crippen molar-refractivity contribution < 1.29 is 13.2 Å². The number of alkyl halides is 3. The van der Waals surface area contributed by atoms with Gasteiger partial charge in [-0.3, -0.25) is 4.90 Å². The molecule has 0 bridgehead atoms. The summed E-state index contributed by atoms with van der Waals surface area (Å²) in [5, 5.41) is 2.09. The number of hydrogen-bond donors (Lipinski definition) is 0. The monoisotopic (exact) mass is 356 g/mol. The molecular formula is C16H19F3N4S. The molecule has 3 heterocycles. The van der Waals surface area contributed by atoms with E-state index in [1.807, 2.05) is 4.90 Å². The molecule has 0 aliphatic carbocycles. The Morgan fingerprint density at radius 1 is 1.38 bits per heavy atom. The molecule has 1 unspecified atom stereocenters. The number of anilines is 1. The van der Waals surface area contributed by atoms with Gasteiger partial charge in [0, 0.05) is 43.7 Å². The molecule has 0 amide bonds. The number of likely N-dealkylation sites (N-methyl/N-ethyl adjacent to an activating group) is 1. The highest BCUT2D eigenvalue weighted by atomic mass is 32.1. The standard InChI is InChI=1S/C16H19F3N4S/c1-11-4-6-24-13(11)9-23-5-3-12(8-23)22(2)15-7-14(16(17,18)19)20-10-21-15/h4,6-7,10,12H,3,5,8-9H2,1-2H3. The van der Waals surface area contributed by atoms with Crippen LogP contribution in [0.4, 0.5) is 19.0 Å². The highest BCUT2D eigenvalue weighted by Crippen LogP contribution is 2.30. The predicted octanol–water partition coefficient (Wildman–Crippen LogP) is 3.58. The zero-order valence-electron chi connectivity index (χ0n) is 13.5. The third-order valence-electron chi connectivity index (χ3n) is 4.44. The summed E-state index contributed by atoms with van der Waals surface area (Å²) in [5.74, 6) is 0.316. The zero-order chi connectivity index (χ0) is 17.3. The van der Waals surface area contributed by atoms with E-state index in [0.717, 1.165) is 38.4 Å². The summed E-state index contributed by atoms with van der Waals surface area (Å²) in [7, 11) is 1.80. The summed E-state index contributed by atoms with van der Waals surface area (Å²) in [5.41, 5.74) is 0.394. The van der Waals surface area contributed by atoms with Gasteiger partial charge in [0.1, 0.15) is 17.8 Å². The summed E-state index contributed by atoms with van der Waals surface area (Å²) in [6.07, 6.45) is -2.56. The number of likely N-dealkylation sites (tertiary alicyclic amines) is 1. The summed E-state index contributed by atoms with van der Waals surface area (Å²) in [4.78, 5) is 12.9. The highest BCUT2D eigenvalue weighted by molar-refractivity contribution is 7.10. The first-order chi connectivity index (χ1) is 11.3. The van der Waals surface area contributed by atoms with Crippen LogP contribution in [0.2, 0.25) is 0 Å². The van der Waals surface area contributed by atoms with Crippen molar-refractivity contribution in [3.8, 4) is 0 Å². The lowest BCUT2D eigenvalue weighted by Crippen LogP contribution is -2.35. The van der Waals surface area contributed by atoms with Gasteiger partial charge >= 0.3 is 6.18 Å². The number of thiophene rings is 1. The Balaban J connectivity index is 1.66. The van der Waals surface area contributed by atoms with Crippen molar-refractivity contribution in [3.63, 3.8) is 0 Å². The molecule has 1 fully saturated rings. The van der Waals surface area contributed by atoms with Crippen molar-refractivity contribution in [3.05, 3.63) is 40.0 Å². The Morgan fingerprint density at radius 2 is 2.17 bits per heavy atom. The van der Waals surface area contributed by atoms with Crippen LogP contribution in [0.5, 0.6) is 0 Å². The van der Waals surface area contributed by atoms with Crippen LogP contribution in [-0.2, 0) is 12.7 Å². The van der Waals surface area contributed by atoms with Crippen molar-refractivity contribution in [2.45, 2.75) is 32.1 Å². The molecule has 24 heavy (non-hydrogen) atoms. The Morgan fingerprint density at radius 3 is 2.83 bits per heavy atom. The molecule has 4 nitrogen and oxygen atoms in total. The van der Waals surface area contributed by atoms with E-state index in [2.05, 4.69) is 33.2 Å². The van der Waals surface area contributed by atoms with E-state index in [1.54, 1.807) is 18.4 Å². The van der Waals surface area contributed by atoms with Gasteiger partial charge < -0.3 is 4.90 Å². The average molecular weight is 356 g/mol. The third kappa shape index (κ3) is 3.70. The van der Waals surface area contributed by atoms with Gasteiger partial charge in [0.15, 0.2) is 0 Å². The van der Waals surface area contributed by atoms with Gasteiger partial charge in [-0.25, -0.2) is 9.97 Å². The lowest BCUT2D eigenvalue weighted by Gasteiger charge is -2.26. The van der Waals surface area contributed by atoms with Crippen LogP contribution < -0.4 is 4.90 Å². The smallest absolute Gasteiger partial charge is 0.355 e. The van der Waals surface area contributed by atoms with E-state index in [9.17, 15) is 13.2 Å². The minimum atomic E-state index is -4.45. The van der Waals surface area contributed by atoms with E-state index in [0.29, 0.717) is 5.82 Å². The Hall–Kier alpha value is -1.67. The fourth-order valence-electron chi connectivity index (χ4n) is 2.92. The number of halogens is 3. The van der Waals surface area contributed by atoms with Gasteiger partial charge in [-0.05, 0) is 30.4 Å². The maximum Gasteiger partial charge on any atom is 0.433 e. The Kier molecular flexibility index (Phi) is 4.78. The zero-order valence-corrected chi connectivity index (χ0v) is 14.4. The van der Waals surface area contributed by atoms with Gasteiger partial charge in [-0.2, -0.15) is 13.2 Å². The van der Waals surface area contributed by atoms with E-state index in [1.165, 1.54) is 10.4 Å². The maximum absolute atomic E-state index is 12.8. The maximum atomic E-state index is 12.8. The Bertz CT molecular complexity index is 701. The molecule has 130 valence electrons. The minimum absolute atomic E-state index is 0.154. The lowest BCUT2D eigenvalue weighted by molar-refractivity contribution is -0.141. The molecule has 2 aromatic rings. The summed E-state index contributed by atoms with van der Waals surface area (Å²) < 4.78 is 38.4. The number of aromatic nitrogens is 2. The van der Waals surface area contributed by atoms with Crippen LogP contribution in [0.3, 0.4) is 0 Å². The normalized spacial score (nSPS) is 19.0. The van der Waals surface area contributed by atoms with E-state index < -0.39 is 11.9 Å². The summed E-state index contributed by atoms with van der Waals surface area (Å²) in [6, 6.07) is 3.28. The first kappa shape index (κ1) is 17.2. The molecule has 0 aromatic carbocycles. The third-order valence-corrected chi connectivity index (χ3v) is 5.44. The van der Waals surface area contributed by atoms with Crippen LogP contribution in [0, 0.1) is 6.92 Å². The Labute approximate surface area is 142 Å². The molecule has 0 saturated carbocycles. The molecular weight excluding hydrogens is 337 g/mol. The van der Waals surface area contributed by atoms with E-state index >= 15 is 0 Å².